The summed E-state index contributed by atoms with van der Waals surface area (Å²) in [5.74, 6) is -1.15. The second-order valence-corrected chi connectivity index (χ2v) is 3.73. The van der Waals surface area contributed by atoms with Crippen molar-refractivity contribution in [2.45, 2.75) is 6.42 Å². The first kappa shape index (κ1) is 10.1. The molecule has 3 nitrogen and oxygen atoms in total. The zero-order valence-corrected chi connectivity index (χ0v) is 8.42. The lowest BCUT2D eigenvalue weighted by atomic mass is 10.3. The molecule has 1 amide bonds. The van der Waals surface area contributed by atoms with E-state index >= 15 is 0 Å². The number of carbonyl (C=O) groups excluding carboxylic acids is 2. The van der Waals surface area contributed by atoms with Crippen LogP contribution in [0.2, 0.25) is 5.02 Å². The number of hydrogen-bond acceptors (Lipinski definition) is 2. The summed E-state index contributed by atoms with van der Waals surface area (Å²) in [6.07, 6.45) is -0.161. The maximum absolute atomic E-state index is 13.4. The van der Waals surface area contributed by atoms with Gasteiger partial charge >= 0.3 is 0 Å². The molecule has 0 spiro atoms. The van der Waals surface area contributed by atoms with Crippen LogP contribution >= 0.6 is 11.6 Å². The van der Waals surface area contributed by atoms with E-state index < -0.39 is 5.82 Å². The Balaban J connectivity index is 2.41. The van der Waals surface area contributed by atoms with E-state index in [0.29, 0.717) is 5.02 Å². The van der Waals surface area contributed by atoms with Gasteiger partial charge < -0.3 is 4.90 Å². The van der Waals surface area contributed by atoms with Gasteiger partial charge in [0, 0.05) is 5.02 Å². The van der Waals surface area contributed by atoms with Gasteiger partial charge in [0.1, 0.15) is 5.82 Å². The van der Waals surface area contributed by atoms with Gasteiger partial charge in [-0.05, 0) is 18.2 Å². The molecule has 1 heterocycles. The van der Waals surface area contributed by atoms with Gasteiger partial charge in [-0.2, -0.15) is 0 Å². The molecule has 0 saturated carbocycles. The van der Waals surface area contributed by atoms with E-state index in [1.54, 1.807) is 0 Å². The molecule has 1 aliphatic rings. The van der Waals surface area contributed by atoms with Crippen LogP contribution in [-0.2, 0) is 9.59 Å². The summed E-state index contributed by atoms with van der Waals surface area (Å²) in [4.78, 5) is 23.5. The lowest BCUT2D eigenvalue weighted by Crippen LogP contribution is -2.25. The summed E-state index contributed by atoms with van der Waals surface area (Å²) >= 11 is 5.69. The first-order valence-electron chi connectivity index (χ1n) is 4.35. The van der Waals surface area contributed by atoms with E-state index in [1.165, 1.54) is 18.2 Å². The van der Waals surface area contributed by atoms with Crippen molar-refractivity contribution in [1.82, 2.24) is 0 Å². The molecule has 0 radical (unpaired) electrons. The topological polar surface area (TPSA) is 37.4 Å². The van der Waals surface area contributed by atoms with E-state index in [2.05, 4.69) is 0 Å². The van der Waals surface area contributed by atoms with Crippen molar-refractivity contribution in [2.75, 3.05) is 11.4 Å². The van der Waals surface area contributed by atoms with Crippen LogP contribution in [0.5, 0.6) is 0 Å². The number of carbonyl (C=O) groups is 2. The van der Waals surface area contributed by atoms with Crippen molar-refractivity contribution >= 4 is 29.0 Å². The predicted molar refractivity (Wildman–Crippen MR) is 53.4 cm³/mol. The highest BCUT2D eigenvalue weighted by Gasteiger charge is 2.30. The van der Waals surface area contributed by atoms with Crippen LogP contribution in [0.15, 0.2) is 18.2 Å². The second-order valence-electron chi connectivity index (χ2n) is 3.29. The van der Waals surface area contributed by atoms with Crippen molar-refractivity contribution < 1.29 is 14.0 Å². The third-order valence-corrected chi connectivity index (χ3v) is 2.42. The molecular weight excluding hydrogens is 221 g/mol. The van der Waals surface area contributed by atoms with Gasteiger partial charge in [-0.25, -0.2) is 4.39 Å². The summed E-state index contributed by atoms with van der Waals surface area (Å²) in [7, 11) is 0. The molecule has 5 heteroatoms. The molecule has 0 bridgehead atoms. The Bertz CT molecular complexity index is 447. The van der Waals surface area contributed by atoms with Crippen molar-refractivity contribution in [3.63, 3.8) is 0 Å². The number of rotatable bonds is 1. The van der Waals surface area contributed by atoms with Crippen molar-refractivity contribution in [1.29, 1.82) is 0 Å². The quantitative estimate of drug-likeness (QED) is 0.686. The Morgan fingerprint density at radius 1 is 1.33 bits per heavy atom. The molecule has 15 heavy (non-hydrogen) atoms. The van der Waals surface area contributed by atoms with Crippen LogP contribution in [0.25, 0.3) is 0 Å². The Hall–Kier alpha value is -1.42. The molecule has 1 aromatic carbocycles. The predicted octanol–water partition coefficient (Wildman–Crippen LogP) is 1.78. The van der Waals surface area contributed by atoms with Gasteiger partial charge in [-0.3, -0.25) is 9.59 Å². The van der Waals surface area contributed by atoms with Crippen molar-refractivity contribution in [3.05, 3.63) is 29.0 Å². The first-order valence-corrected chi connectivity index (χ1v) is 4.73. The molecule has 0 N–H and O–H groups in total. The molecule has 0 atom stereocenters. The van der Waals surface area contributed by atoms with E-state index in [4.69, 9.17) is 11.6 Å². The number of benzene rings is 1. The minimum absolute atomic E-state index is 0.0679. The summed E-state index contributed by atoms with van der Waals surface area (Å²) < 4.78 is 13.4. The van der Waals surface area contributed by atoms with E-state index in [0.717, 1.165) is 4.90 Å². The van der Waals surface area contributed by atoms with Crippen LogP contribution in [0.1, 0.15) is 6.42 Å². The average Bonchev–Trinajstić information content (AvgIpc) is 2.50. The molecule has 1 fully saturated rings. The van der Waals surface area contributed by atoms with Gasteiger partial charge in [-0.15, -0.1) is 0 Å². The molecule has 2 rings (SSSR count). The van der Waals surface area contributed by atoms with Gasteiger partial charge in [0.25, 0.3) is 0 Å². The molecule has 0 aliphatic carbocycles. The zero-order chi connectivity index (χ0) is 11.0. The third-order valence-electron chi connectivity index (χ3n) is 2.18. The van der Waals surface area contributed by atoms with Gasteiger partial charge in [0.2, 0.25) is 5.91 Å². The standard InChI is InChI=1S/C10H7ClFNO2/c11-6-1-2-8(12)9(3-6)13-5-7(14)4-10(13)15/h1-3H,4-5H2. The van der Waals surface area contributed by atoms with Crippen LogP contribution in [0.4, 0.5) is 10.1 Å². The highest BCUT2D eigenvalue weighted by atomic mass is 35.5. The summed E-state index contributed by atoms with van der Waals surface area (Å²) in [6, 6.07) is 3.91. The largest absolute Gasteiger partial charge is 0.302 e. The minimum atomic E-state index is -0.553. The Morgan fingerprint density at radius 3 is 2.67 bits per heavy atom. The fourth-order valence-corrected chi connectivity index (χ4v) is 1.66. The zero-order valence-electron chi connectivity index (χ0n) is 7.67. The molecule has 1 aromatic rings. The highest BCUT2D eigenvalue weighted by Crippen LogP contribution is 2.26. The minimum Gasteiger partial charge on any atom is -0.302 e. The number of Topliss-reactive ketones (excluding diaryl/α,β-unsaturated/α-hetero) is 1. The van der Waals surface area contributed by atoms with Crippen molar-refractivity contribution in [2.24, 2.45) is 0 Å². The number of hydrogen-bond donors (Lipinski definition) is 0. The normalized spacial score (nSPS) is 16.3. The molecule has 0 aromatic heterocycles. The highest BCUT2D eigenvalue weighted by molar-refractivity contribution is 6.31. The van der Waals surface area contributed by atoms with Crippen LogP contribution in [0.3, 0.4) is 0 Å². The lowest BCUT2D eigenvalue weighted by molar-refractivity contribution is -0.121. The molecule has 1 aliphatic heterocycles. The van der Waals surface area contributed by atoms with Crippen LogP contribution in [0, 0.1) is 5.82 Å². The first-order chi connectivity index (χ1) is 7.08. The number of halogens is 2. The van der Waals surface area contributed by atoms with Crippen LogP contribution in [-0.4, -0.2) is 18.2 Å². The Labute approximate surface area is 90.4 Å². The fourth-order valence-electron chi connectivity index (χ4n) is 1.50. The number of nitrogens with zero attached hydrogens (tertiary/aromatic N) is 1. The number of ketones is 1. The van der Waals surface area contributed by atoms with E-state index in [1.807, 2.05) is 0 Å². The van der Waals surface area contributed by atoms with Crippen LogP contribution < -0.4 is 4.90 Å². The number of amides is 1. The third kappa shape index (κ3) is 1.85. The molecule has 78 valence electrons. The monoisotopic (exact) mass is 227 g/mol. The molecular formula is C10H7ClFNO2. The maximum atomic E-state index is 13.4. The summed E-state index contributed by atoms with van der Waals surface area (Å²) in [5, 5.41) is 0.332. The fraction of sp³-hybridized carbons (Fsp3) is 0.200. The SMILES string of the molecule is O=C1CC(=O)N(c2cc(Cl)ccc2F)C1. The summed E-state index contributed by atoms with van der Waals surface area (Å²) in [5.41, 5.74) is 0.0679. The molecule has 0 unspecified atom stereocenters. The number of anilines is 1. The van der Waals surface area contributed by atoms with Gasteiger partial charge in [0.05, 0.1) is 18.7 Å². The van der Waals surface area contributed by atoms with Crippen molar-refractivity contribution in [3.8, 4) is 0 Å². The Morgan fingerprint density at radius 2 is 2.07 bits per heavy atom. The lowest BCUT2D eigenvalue weighted by Gasteiger charge is -2.15. The van der Waals surface area contributed by atoms with E-state index in [-0.39, 0.29) is 30.3 Å². The Kier molecular flexibility index (Phi) is 2.44. The second kappa shape index (κ2) is 3.62. The smallest absolute Gasteiger partial charge is 0.235 e. The van der Waals surface area contributed by atoms with Gasteiger partial charge in [-0.1, -0.05) is 11.6 Å². The average molecular weight is 228 g/mol. The molecule has 1 saturated heterocycles. The van der Waals surface area contributed by atoms with E-state index in [9.17, 15) is 14.0 Å². The maximum Gasteiger partial charge on any atom is 0.235 e. The summed E-state index contributed by atoms with van der Waals surface area (Å²) in [6.45, 7) is -0.0733. The van der Waals surface area contributed by atoms with Gasteiger partial charge in [0.15, 0.2) is 5.78 Å².